The maximum absolute atomic E-state index is 2.52. The van der Waals surface area contributed by atoms with Crippen LogP contribution in [0.15, 0.2) is 200 Å². The summed E-state index contributed by atoms with van der Waals surface area (Å²) in [6.07, 6.45) is 0. The second-order valence-corrected chi connectivity index (χ2v) is 18.0. The fourth-order valence-corrected chi connectivity index (χ4v) is 10.1. The molecule has 11 rings (SSSR count). The van der Waals surface area contributed by atoms with Gasteiger partial charge in [0.05, 0.1) is 11.4 Å². The van der Waals surface area contributed by atoms with E-state index >= 15 is 0 Å². The SMILES string of the molecule is Cc1cc(C)cc(-c2c(N(c3ccc(C(C)(C)C)cc3)c3cc4c5c(c3)N(c3ccccc3)c3ccccc3B5c3ccccc3N4c3ccccc3)ccc3ccccc23)c1. The van der Waals surface area contributed by atoms with Crippen molar-refractivity contribution in [3.05, 3.63) is 217 Å². The number of anilines is 9. The van der Waals surface area contributed by atoms with E-state index in [-0.39, 0.29) is 12.1 Å². The van der Waals surface area contributed by atoms with Crippen LogP contribution in [0.25, 0.3) is 21.9 Å². The van der Waals surface area contributed by atoms with Gasteiger partial charge in [-0.1, -0.05) is 165 Å². The van der Waals surface area contributed by atoms with Gasteiger partial charge < -0.3 is 14.7 Å². The average Bonchev–Trinajstić information content (AvgIpc) is 3.29. The van der Waals surface area contributed by atoms with Crippen LogP contribution in [0, 0.1) is 13.8 Å². The molecule has 3 nitrogen and oxygen atoms in total. The third kappa shape index (κ3) is 6.20. The Morgan fingerprint density at radius 1 is 0.452 bits per heavy atom. The monoisotopic (exact) mass is 797 g/mol. The molecule has 0 aliphatic carbocycles. The molecule has 2 aliphatic heterocycles. The molecule has 0 radical (unpaired) electrons. The van der Waals surface area contributed by atoms with Crippen molar-refractivity contribution >= 4 is 85.1 Å². The summed E-state index contributed by atoms with van der Waals surface area (Å²) in [5.41, 5.74) is 20.5. The molecule has 0 saturated carbocycles. The van der Waals surface area contributed by atoms with Crippen molar-refractivity contribution in [3.63, 3.8) is 0 Å². The van der Waals surface area contributed by atoms with E-state index in [4.69, 9.17) is 0 Å². The molecule has 0 bridgehead atoms. The van der Waals surface area contributed by atoms with Crippen molar-refractivity contribution in [2.45, 2.75) is 40.0 Å². The summed E-state index contributed by atoms with van der Waals surface area (Å²) < 4.78 is 0. The van der Waals surface area contributed by atoms with Crippen LogP contribution in [0.3, 0.4) is 0 Å². The molecule has 0 N–H and O–H groups in total. The van der Waals surface area contributed by atoms with Crippen LogP contribution in [-0.2, 0) is 5.41 Å². The first-order chi connectivity index (χ1) is 30.2. The summed E-state index contributed by atoms with van der Waals surface area (Å²) in [5, 5.41) is 2.45. The van der Waals surface area contributed by atoms with Crippen LogP contribution >= 0.6 is 0 Å². The average molecular weight is 798 g/mol. The molecule has 0 aromatic heterocycles. The molecule has 2 aliphatic rings. The first-order valence-electron chi connectivity index (χ1n) is 21.8. The normalized spacial score (nSPS) is 12.8. The Morgan fingerprint density at radius 2 is 0.968 bits per heavy atom. The molecule has 0 saturated heterocycles. The van der Waals surface area contributed by atoms with Crippen LogP contribution in [0.1, 0.15) is 37.5 Å². The minimum Gasteiger partial charge on any atom is -0.311 e. The van der Waals surface area contributed by atoms with Crippen molar-refractivity contribution in [2.75, 3.05) is 14.7 Å². The zero-order valence-corrected chi connectivity index (χ0v) is 36.0. The minimum absolute atomic E-state index is 0.00865. The first-order valence-corrected chi connectivity index (χ1v) is 21.8. The molecule has 9 aromatic rings. The number of hydrogen-bond acceptors (Lipinski definition) is 3. The summed E-state index contributed by atoms with van der Waals surface area (Å²) in [7, 11) is 0. The van der Waals surface area contributed by atoms with Crippen molar-refractivity contribution < 1.29 is 0 Å². The Balaban J connectivity index is 1.28. The van der Waals surface area contributed by atoms with Crippen LogP contribution in [-0.4, -0.2) is 6.71 Å². The molecule has 298 valence electrons. The van der Waals surface area contributed by atoms with Gasteiger partial charge in [0, 0.05) is 45.4 Å². The number of aryl methyl sites for hydroxylation is 2. The smallest absolute Gasteiger partial charge is 0.252 e. The summed E-state index contributed by atoms with van der Waals surface area (Å²) in [5.74, 6) is 0. The van der Waals surface area contributed by atoms with E-state index in [2.05, 4.69) is 250 Å². The van der Waals surface area contributed by atoms with Crippen molar-refractivity contribution in [1.29, 1.82) is 0 Å². The second-order valence-electron chi connectivity index (χ2n) is 18.0. The molecular formula is C58H48BN3. The Morgan fingerprint density at radius 3 is 1.53 bits per heavy atom. The van der Waals surface area contributed by atoms with E-state index in [9.17, 15) is 0 Å². The standard InChI is InChI=1S/C58H48BN3/c1-39-34-40(2)36-42(35-39)56-48-23-13-12-18-41(48)28-33-53(56)60(46-31-29-43(30-32-46)58(3,4)5)47-37-54-57-55(38-47)62(45-21-10-7-11-22-45)52-27-17-15-25-50(52)59(57)49-24-14-16-26-51(49)61(54)44-19-8-6-9-20-44/h6-38H,1-5H3. The molecule has 2 heterocycles. The number of hydrogen-bond donors (Lipinski definition) is 0. The number of nitrogens with zero attached hydrogens (tertiary/aromatic N) is 3. The van der Waals surface area contributed by atoms with Crippen molar-refractivity contribution in [3.8, 4) is 11.1 Å². The van der Waals surface area contributed by atoms with E-state index < -0.39 is 0 Å². The molecule has 4 heteroatoms. The lowest BCUT2D eigenvalue weighted by Crippen LogP contribution is -2.61. The van der Waals surface area contributed by atoms with Gasteiger partial charge in [0.2, 0.25) is 0 Å². The quantitative estimate of drug-likeness (QED) is 0.155. The molecule has 9 aromatic carbocycles. The van der Waals surface area contributed by atoms with E-state index in [1.165, 1.54) is 77.7 Å². The van der Waals surface area contributed by atoms with Crippen LogP contribution in [0.4, 0.5) is 51.2 Å². The summed E-state index contributed by atoms with van der Waals surface area (Å²) >= 11 is 0. The lowest BCUT2D eigenvalue weighted by atomic mass is 9.33. The van der Waals surface area contributed by atoms with Gasteiger partial charge in [0.15, 0.2) is 0 Å². The summed E-state index contributed by atoms with van der Waals surface area (Å²) in [4.78, 5) is 7.51. The third-order valence-corrected chi connectivity index (χ3v) is 12.8. The van der Waals surface area contributed by atoms with E-state index in [0.29, 0.717) is 0 Å². The van der Waals surface area contributed by atoms with Gasteiger partial charge in [-0.3, -0.25) is 0 Å². The number of para-hydroxylation sites is 4. The maximum atomic E-state index is 2.52. The molecule has 0 fully saturated rings. The largest absolute Gasteiger partial charge is 0.311 e. The lowest BCUT2D eigenvalue weighted by molar-refractivity contribution is 0.590. The molecule has 0 amide bonds. The predicted octanol–water partition coefficient (Wildman–Crippen LogP) is 14.0. The van der Waals surface area contributed by atoms with Crippen molar-refractivity contribution in [2.24, 2.45) is 0 Å². The zero-order valence-electron chi connectivity index (χ0n) is 36.0. The highest BCUT2D eigenvalue weighted by Gasteiger charge is 2.43. The summed E-state index contributed by atoms with van der Waals surface area (Å²) in [6.45, 7) is 11.3. The van der Waals surface area contributed by atoms with E-state index in [1.807, 2.05) is 0 Å². The molecular weight excluding hydrogens is 749 g/mol. The van der Waals surface area contributed by atoms with Gasteiger partial charge in [-0.2, -0.15) is 0 Å². The first kappa shape index (κ1) is 37.7. The van der Waals surface area contributed by atoms with Crippen molar-refractivity contribution in [1.82, 2.24) is 0 Å². The maximum Gasteiger partial charge on any atom is 0.252 e. The molecule has 62 heavy (non-hydrogen) atoms. The fourth-order valence-electron chi connectivity index (χ4n) is 10.1. The minimum atomic E-state index is 0.00865. The van der Waals surface area contributed by atoms with Crippen LogP contribution in [0.2, 0.25) is 0 Å². The van der Waals surface area contributed by atoms with Gasteiger partial charge in [-0.05, 0) is 124 Å². The highest BCUT2D eigenvalue weighted by Crippen LogP contribution is 2.50. The highest BCUT2D eigenvalue weighted by atomic mass is 15.2. The van der Waals surface area contributed by atoms with Gasteiger partial charge >= 0.3 is 0 Å². The van der Waals surface area contributed by atoms with E-state index in [0.717, 1.165) is 28.4 Å². The topological polar surface area (TPSA) is 9.72 Å². The Kier molecular flexibility index (Phi) is 8.94. The van der Waals surface area contributed by atoms with Gasteiger partial charge in [-0.25, -0.2) is 0 Å². The Labute approximate surface area is 366 Å². The number of benzene rings is 9. The second kappa shape index (κ2) is 14.7. The van der Waals surface area contributed by atoms with Crippen LogP contribution < -0.4 is 31.1 Å². The lowest BCUT2D eigenvalue weighted by Gasteiger charge is -2.45. The van der Waals surface area contributed by atoms with Crippen LogP contribution in [0.5, 0.6) is 0 Å². The Bertz CT molecular complexity index is 3020. The number of fused-ring (bicyclic) bond motifs is 5. The highest BCUT2D eigenvalue weighted by molar-refractivity contribution is 7.00. The number of rotatable bonds is 6. The predicted molar refractivity (Wildman–Crippen MR) is 266 cm³/mol. The van der Waals surface area contributed by atoms with Gasteiger partial charge in [-0.15, -0.1) is 0 Å². The molecule has 0 atom stereocenters. The fraction of sp³-hybridized carbons (Fsp3) is 0.103. The Hall–Kier alpha value is -7.30. The third-order valence-electron chi connectivity index (χ3n) is 12.8. The summed E-state index contributed by atoms with van der Waals surface area (Å²) in [6, 6.07) is 74.5. The molecule has 0 spiro atoms. The van der Waals surface area contributed by atoms with Gasteiger partial charge in [0.1, 0.15) is 0 Å². The molecule has 0 unspecified atom stereocenters. The zero-order chi connectivity index (χ0) is 42.1. The van der Waals surface area contributed by atoms with E-state index in [1.54, 1.807) is 0 Å². The van der Waals surface area contributed by atoms with Gasteiger partial charge in [0.25, 0.3) is 6.71 Å².